The zero-order chi connectivity index (χ0) is 27.7. The van der Waals surface area contributed by atoms with Gasteiger partial charge < -0.3 is 19.9 Å². The Morgan fingerprint density at radius 2 is 1.95 bits per heavy atom. The standard InChI is InChI=1S/C28H32F6N4O/c1-17-13-22-20-5-2-3-6-23(20)36-26(22)27(38(17)16-25(30)31)21-8-7-18(14-24(21)39-28(32,33)34)35-19-9-12-37(15-19)11-4-10-29/h2-3,5-8,14,17,19,25,27,35-36H,4,9-13,15-16H2,1H3/t17-,19+,27-/m1/s1. The summed E-state index contributed by atoms with van der Waals surface area (Å²) in [6.07, 6.45) is -5.95. The zero-order valence-electron chi connectivity index (χ0n) is 21.6. The summed E-state index contributed by atoms with van der Waals surface area (Å²) in [6, 6.07) is 10.8. The summed E-state index contributed by atoms with van der Waals surface area (Å²) >= 11 is 0. The van der Waals surface area contributed by atoms with Crippen molar-refractivity contribution in [2.75, 3.05) is 38.2 Å². The molecule has 39 heavy (non-hydrogen) atoms. The minimum atomic E-state index is -4.97. The van der Waals surface area contributed by atoms with E-state index >= 15 is 0 Å². The van der Waals surface area contributed by atoms with Crippen molar-refractivity contribution in [1.82, 2.24) is 14.8 Å². The van der Waals surface area contributed by atoms with Crippen molar-refractivity contribution in [1.29, 1.82) is 0 Å². The molecule has 5 rings (SSSR count). The Morgan fingerprint density at radius 1 is 1.15 bits per heavy atom. The molecule has 0 saturated carbocycles. The summed E-state index contributed by atoms with van der Waals surface area (Å²) in [5.74, 6) is -0.428. The number of likely N-dealkylation sites (tertiary alicyclic amines) is 1. The topological polar surface area (TPSA) is 43.5 Å². The molecular weight excluding hydrogens is 522 g/mol. The molecule has 3 aromatic rings. The second-order valence-electron chi connectivity index (χ2n) is 10.4. The van der Waals surface area contributed by atoms with Gasteiger partial charge in [0.1, 0.15) is 5.75 Å². The molecule has 0 radical (unpaired) electrons. The first kappa shape index (κ1) is 27.6. The van der Waals surface area contributed by atoms with Crippen LogP contribution in [-0.2, 0) is 6.42 Å². The number of nitrogens with one attached hydrogen (secondary N) is 2. The van der Waals surface area contributed by atoms with Gasteiger partial charge in [0.05, 0.1) is 19.3 Å². The summed E-state index contributed by atoms with van der Waals surface area (Å²) in [4.78, 5) is 6.96. The van der Waals surface area contributed by atoms with Crippen LogP contribution in [-0.4, -0.2) is 72.5 Å². The third-order valence-corrected chi connectivity index (χ3v) is 7.65. The Kier molecular flexibility index (Phi) is 8.00. The zero-order valence-corrected chi connectivity index (χ0v) is 21.6. The van der Waals surface area contributed by atoms with Crippen molar-refractivity contribution in [3.8, 4) is 5.75 Å². The largest absolute Gasteiger partial charge is 0.573 e. The fourth-order valence-corrected chi connectivity index (χ4v) is 6.02. The average Bonchev–Trinajstić information content (AvgIpc) is 3.47. The molecule has 0 amide bonds. The van der Waals surface area contributed by atoms with Gasteiger partial charge in [0.2, 0.25) is 0 Å². The van der Waals surface area contributed by atoms with Gasteiger partial charge in [-0.15, -0.1) is 13.2 Å². The molecule has 0 bridgehead atoms. The van der Waals surface area contributed by atoms with Crippen molar-refractivity contribution in [2.45, 2.75) is 57.1 Å². The number of alkyl halides is 6. The number of benzene rings is 2. The van der Waals surface area contributed by atoms with Gasteiger partial charge in [-0.3, -0.25) is 9.29 Å². The lowest BCUT2D eigenvalue weighted by Crippen LogP contribution is -2.45. The number of para-hydroxylation sites is 1. The molecule has 1 aromatic heterocycles. The van der Waals surface area contributed by atoms with E-state index in [1.807, 2.05) is 31.2 Å². The van der Waals surface area contributed by atoms with Crippen molar-refractivity contribution in [3.63, 3.8) is 0 Å². The lowest BCUT2D eigenvalue weighted by molar-refractivity contribution is -0.275. The molecule has 0 aliphatic carbocycles. The van der Waals surface area contributed by atoms with E-state index in [0.717, 1.165) is 29.4 Å². The van der Waals surface area contributed by atoms with Crippen LogP contribution in [0.15, 0.2) is 42.5 Å². The fourth-order valence-electron chi connectivity index (χ4n) is 6.02. The quantitative estimate of drug-likeness (QED) is 0.296. The predicted molar refractivity (Wildman–Crippen MR) is 138 cm³/mol. The van der Waals surface area contributed by atoms with E-state index in [-0.39, 0.29) is 17.6 Å². The molecule has 5 nitrogen and oxygen atoms in total. The lowest BCUT2D eigenvalue weighted by Gasteiger charge is -2.41. The van der Waals surface area contributed by atoms with Crippen LogP contribution in [0.25, 0.3) is 10.9 Å². The summed E-state index contributed by atoms with van der Waals surface area (Å²) in [7, 11) is 0. The number of rotatable bonds is 9. The van der Waals surface area contributed by atoms with E-state index in [0.29, 0.717) is 37.3 Å². The second-order valence-corrected chi connectivity index (χ2v) is 10.4. The highest BCUT2D eigenvalue weighted by molar-refractivity contribution is 5.85. The van der Waals surface area contributed by atoms with Crippen LogP contribution in [0.1, 0.15) is 42.6 Å². The SMILES string of the molecule is C[C@@H]1Cc2c([nH]c3ccccc23)[C@@H](c2ccc(N[C@H]3CCN(CCCF)C3)cc2OC(F)(F)F)N1CC(F)F. The molecule has 0 spiro atoms. The van der Waals surface area contributed by atoms with Gasteiger partial charge >= 0.3 is 6.36 Å². The number of hydrogen-bond acceptors (Lipinski definition) is 4. The van der Waals surface area contributed by atoms with Crippen LogP contribution < -0.4 is 10.1 Å². The van der Waals surface area contributed by atoms with Crippen LogP contribution in [0.3, 0.4) is 0 Å². The molecule has 1 fully saturated rings. The number of fused-ring (bicyclic) bond motifs is 3. The number of hydrogen-bond donors (Lipinski definition) is 2. The molecule has 0 unspecified atom stereocenters. The van der Waals surface area contributed by atoms with Gasteiger partial charge in [0.25, 0.3) is 6.43 Å². The van der Waals surface area contributed by atoms with E-state index in [9.17, 15) is 26.3 Å². The van der Waals surface area contributed by atoms with Gasteiger partial charge in [0, 0.05) is 65.6 Å². The molecule has 2 aliphatic heterocycles. The number of nitrogens with zero attached hydrogens (tertiary/aromatic N) is 2. The van der Waals surface area contributed by atoms with E-state index in [4.69, 9.17) is 0 Å². The van der Waals surface area contributed by atoms with Crippen molar-refractivity contribution >= 4 is 16.6 Å². The fraction of sp³-hybridized carbons (Fsp3) is 0.500. The highest BCUT2D eigenvalue weighted by Crippen LogP contribution is 2.45. The van der Waals surface area contributed by atoms with E-state index in [1.165, 1.54) is 12.1 Å². The Bertz CT molecular complexity index is 1280. The van der Waals surface area contributed by atoms with Gasteiger partial charge in [-0.2, -0.15) is 0 Å². The Morgan fingerprint density at radius 3 is 2.69 bits per heavy atom. The summed E-state index contributed by atoms with van der Waals surface area (Å²) in [5, 5.41) is 4.20. The van der Waals surface area contributed by atoms with Crippen molar-refractivity contribution in [2.24, 2.45) is 0 Å². The van der Waals surface area contributed by atoms with Crippen LogP contribution >= 0.6 is 0 Å². The molecule has 3 atom stereocenters. The lowest BCUT2D eigenvalue weighted by atomic mass is 9.88. The molecule has 2 N–H and O–H groups in total. The third kappa shape index (κ3) is 6.14. The summed E-state index contributed by atoms with van der Waals surface area (Å²) in [6.45, 7) is 2.88. The minimum Gasteiger partial charge on any atom is -0.405 e. The predicted octanol–water partition coefficient (Wildman–Crippen LogP) is 6.51. The molecule has 11 heteroatoms. The first-order valence-corrected chi connectivity index (χ1v) is 13.2. The minimum absolute atomic E-state index is 0.0143. The van der Waals surface area contributed by atoms with Gasteiger partial charge in [-0.05, 0) is 43.9 Å². The van der Waals surface area contributed by atoms with Gasteiger partial charge in [-0.25, -0.2) is 8.78 Å². The molecular formula is C28H32F6N4O. The van der Waals surface area contributed by atoms with E-state index < -0.39 is 37.8 Å². The second kappa shape index (κ2) is 11.3. The van der Waals surface area contributed by atoms with Crippen LogP contribution in [0.2, 0.25) is 0 Å². The van der Waals surface area contributed by atoms with Crippen LogP contribution in [0.4, 0.5) is 32.0 Å². The van der Waals surface area contributed by atoms with Crippen molar-refractivity contribution in [3.05, 3.63) is 59.3 Å². The molecule has 2 aromatic carbocycles. The number of aromatic amines is 1. The first-order chi connectivity index (χ1) is 18.6. The maximum absolute atomic E-state index is 13.7. The maximum Gasteiger partial charge on any atom is 0.573 e. The average molecular weight is 555 g/mol. The normalized spacial score (nSPS) is 22.5. The van der Waals surface area contributed by atoms with Crippen molar-refractivity contribution < 1.29 is 31.1 Å². The number of halogens is 6. The highest BCUT2D eigenvalue weighted by Gasteiger charge is 2.40. The Labute approximate surface area is 223 Å². The monoisotopic (exact) mass is 554 g/mol. The number of aromatic nitrogens is 1. The Balaban J connectivity index is 1.53. The molecule has 212 valence electrons. The number of anilines is 1. The van der Waals surface area contributed by atoms with Crippen LogP contribution in [0.5, 0.6) is 5.75 Å². The first-order valence-electron chi connectivity index (χ1n) is 13.2. The van der Waals surface area contributed by atoms with Crippen LogP contribution in [0, 0.1) is 0 Å². The number of ether oxygens (including phenoxy) is 1. The maximum atomic E-state index is 13.7. The van der Waals surface area contributed by atoms with E-state index in [2.05, 4.69) is 19.9 Å². The smallest absolute Gasteiger partial charge is 0.405 e. The summed E-state index contributed by atoms with van der Waals surface area (Å²) in [5.41, 5.74) is 2.91. The molecule has 2 aliphatic rings. The van der Waals surface area contributed by atoms with E-state index in [1.54, 1.807) is 11.0 Å². The third-order valence-electron chi connectivity index (χ3n) is 7.65. The van der Waals surface area contributed by atoms with Gasteiger partial charge in [0.15, 0.2) is 0 Å². The Hall–Kier alpha value is -2.92. The molecule has 1 saturated heterocycles. The number of H-pyrrole nitrogens is 1. The summed E-state index contributed by atoms with van der Waals surface area (Å²) < 4.78 is 85.4. The van der Waals surface area contributed by atoms with Gasteiger partial charge in [-0.1, -0.05) is 24.3 Å². The highest BCUT2D eigenvalue weighted by atomic mass is 19.4. The molecule has 3 heterocycles.